The van der Waals surface area contributed by atoms with E-state index in [4.69, 9.17) is 4.74 Å². The van der Waals surface area contributed by atoms with Gasteiger partial charge in [-0.15, -0.1) is 0 Å². The lowest BCUT2D eigenvalue weighted by molar-refractivity contribution is 0.0372. The third kappa shape index (κ3) is 2.37. The van der Waals surface area contributed by atoms with Crippen LogP contribution < -0.4 is 10.6 Å². The lowest BCUT2D eigenvalue weighted by atomic mass is 10.3. The highest BCUT2D eigenvalue weighted by atomic mass is 16.5. The minimum Gasteiger partial charge on any atom is -0.374 e. The summed E-state index contributed by atoms with van der Waals surface area (Å²) in [5, 5.41) is 10.7. The van der Waals surface area contributed by atoms with Crippen LogP contribution in [0.2, 0.25) is 0 Å². The second-order valence-electron chi connectivity index (χ2n) is 4.02. The van der Waals surface area contributed by atoms with E-state index in [9.17, 15) is 0 Å². The molecular formula is C11H15N5O. The first-order valence-corrected chi connectivity index (χ1v) is 5.78. The monoisotopic (exact) mass is 233 g/mol. The van der Waals surface area contributed by atoms with Gasteiger partial charge in [-0.1, -0.05) is 0 Å². The van der Waals surface area contributed by atoms with E-state index in [-0.39, 0.29) is 6.10 Å². The molecule has 0 saturated carbocycles. The van der Waals surface area contributed by atoms with Crippen LogP contribution in [0.3, 0.4) is 0 Å². The van der Waals surface area contributed by atoms with Gasteiger partial charge in [0.1, 0.15) is 5.82 Å². The third-order valence-electron chi connectivity index (χ3n) is 2.77. The molecule has 1 aliphatic heterocycles. The number of hydrogen-bond acceptors (Lipinski definition) is 5. The molecule has 17 heavy (non-hydrogen) atoms. The van der Waals surface area contributed by atoms with Crippen molar-refractivity contribution in [3.05, 3.63) is 24.5 Å². The fraction of sp³-hybridized carbons (Fsp3) is 0.455. The lowest BCUT2D eigenvalue weighted by Gasteiger charge is -2.23. The van der Waals surface area contributed by atoms with Crippen LogP contribution in [0.1, 0.15) is 0 Å². The predicted molar refractivity (Wildman–Crippen MR) is 64.1 cm³/mol. The molecule has 1 atom stereocenters. The third-order valence-corrected chi connectivity index (χ3v) is 2.77. The Bertz CT molecular complexity index is 491. The molecule has 1 aliphatic rings. The van der Waals surface area contributed by atoms with E-state index >= 15 is 0 Å². The summed E-state index contributed by atoms with van der Waals surface area (Å²) in [6, 6.07) is 3.79. The molecule has 6 heteroatoms. The van der Waals surface area contributed by atoms with E-state index in [0.29, 0.717) is 0 Å². The van der Waals surface area contributed by atoms with Crippen LogP contribution in [0.15, 0.2) is 24.5 Å². The largest absolute Gasteiger partial charge is 0.374 e. The van der Waals surface area contributed by atoms with Crippen LogP contribution in [0, 0.1) is 0 Å². The molecule has 2 aromatic heterocycles. The molecule has 0 radical (unpaired) electrons. The van der Waals surface area contributed by atoms with Gasteiger partial charge in [-0.05, 0) is 6.07 Å². The number of rotatable bonds is 3. The van der Waals surface area contributed by atoms with E-state index in [0.717, 1.165) is 37.7 Å². The van der Waals surface area contributed by atoms with Crippen molar-refractivity contribution in [2.24, 2.45) is 0 Å². The van der Waals surface area contributed by atoms with Gasteiger partial charge < -0.3 is 15.4 Å². The van der Waals surface area contributed by atoms with Crippen molar-refractivity contribution >= 4 is 11.5 Å². The maximum atomic E-state index is 5.60. The molecule has 3 heterocycles. The molecule has 0 amide bonds. The molecule has 2 aromatic rings. The summed E-state index contributed by atoms with van der Waals surface area (Å²) in [6.45, 7) is 3.38. The Balaban J connectivity index is 1.63. The molecule has 6 nitrogen and oxygen atoms in total. The van der Waals surface area contributed by atoms with E-state index < -0.39 is 0 Å². The molecule has 1 unspecified atom stereocenters. The van der Waals surface area contributed by atoms with E-state index in [1.807, 2.05) is 18.3 Å². The number of fused-ring (bicyclic) bond motifs is 1. The van der Waals surface area contributed by atoms with Crippen LogP contribution in [0.25, 0.3) is 5.65 Å². The molecule has 0 aromatic carbocycles. The van der Waals surface area contributed by atoms with Gasteiger partial charge in [0.05, 0.1) is 18.9 Å². The number of anilines is 1. The first-order chi connectivity index (χ1) is 8.42. The van der Waals surface area contributed by atoms with Gasteiger partial charge in [-0.2, -0.15) is 5.10 Å². The van der Waals surface area contributed by atoms with Crippen LogP contribution in [-0.2, 0) is 4.74 Å². The predicted octanol–water partition coefficient (Wildman–Crippen LogP) is 0.130. The van der Waals surface area contributed by atoms with Crippen LogP contribution in [0.5, 0.6) is 0 Å². The average molecular weight is 233 g/mol. The highest BCUT2D eigenvalue weighted by molar-refractivity contribution is 5.45. The highest BCUT2D eigenvalue weighted by Gasteiger charge is 2.12. The number of aromatic nitrogens is 3. The van der Waals surface area contributed by atoms with Gasteiger partial charge in [0.15, 0.2) is 5.65 Å². The first kappa shape index (κ1) is 10.5. The van der Waals surface area contributed by atoms with Crippen molar-refractivity contribution in [2.45, 2.75) is 6.10 Å². The molecule has 1 fully saturated rings. The zero-order valence-corrected chi connectivity index (χ0v) is 9.47. The van der Waals surface area contributed by atoms with Gasteiger partial charge in [-0.3, -0.25) is 0 Å². The van der Waals surface area contributed by atoms with Crippen molar-refractivity contribution in [1.29, 1.82) is 0 Å². The molecule has 0 bridgehead atoms. The summed E-state index contributed by atoms with van der Waals surface area (Å²) in [6.07, 6.45) is 3.84. The van der Waals surface area contributed by atoms with Crippen LogP contribution >= 0.6 is 0 Å². The zero-order valence-electron chi connectivity index (χ0n) is 9.47. The van der Waals surface area contributed by atoms with Crippen molar-refractivity contribution in [3.63, 3.8) is 0 Å². The maximum Gasteiger partial charge on any atom is 0.157 e. The van der Waals surface area contributed by atoms with Gasteiger partial charge in [0.2, 0.25) is 0 Å². The van der Waals surface area contributed by atoms with Gasteiger partial charge in [-0.25, -0.2) is 9.50 Å². The standard InChI is InChI=1S/C11H15N5O/c1-3-14-16-5-2-10(15-11(1)16)13-8-9-7-12-4-6-17-9/h1-3,5,9,12H,4,6-8H2,(H,13,15). The quantitative estimate of drug-likeness (QED) is 0.789. The second-order valence-corrected chi connectivity index (χ2v) is 4.02. The Kier molecular flexibility index (Phi) is 2.89. The first-order valence-electron chi connectivity index (χ1n) is 5.78. The van der Waals surface area contributed by atoms with Crippen molar-refractivity contribution < 1.29 is 4.74 Å². The molecule has 1 saturated heterocycles. The van der Waals surface area contributed by atoms with E-state index in [2.05, 4.69) is 20.7 Å². The van der Waals surface area contributed by atoms with Crippen molar-refractivity contribution in [2.75, 3.05) is 31.6 Å². The summed E-state index contributed by atoms with van der Waals surface area (Å²) in [5.41, 5.74) is 0.845. The minimum absolute atomic E-state index is 0.215. The summed E-state index contributed by atoms with van der Waals surface area (Å²) in [4.78, 5) is 4.43. The average Bonchev–Trinajstić information content (AvgIpc) is 2.85. The van der Waals surface area contributed by atoms with Gasteiger partial charge in [0, 0.05) is 31.9 Å². The number of hydrogen-bond donors (Lipinski definition) is 2. The van der Waals surface area contributed by atoms with Crippen molar-refractivity contribution in [3.8, 4) is 0 Å². The number of morpholine rings is 1. The van der Waals surface area contributed by atoms with Crippen LogP contribution in [0.4, 0.5) is 5.82 Å². The molecule has 3 rings (SSSR count). The van der Waals surface area contributed by atoms with Crippen LogP contribution in [-0.4, -0.2) is 46.9 Å². The highest BCUT2D eigenvalue weighted by Crippen LogP contribution is 2.06. The summed E-state index contributed by atoms with van der Waals surface area (Å²) < 4.78 is 7.34. The Morgan fingerprint density at radius 3 is 3.41 bits per heavy atom. The Hall–Kier alpha value is -1.66. The minimum atomic E-state index is 0.215. The number of nitrogens with zero attached hydrogens (tertiary/aromatic N) is 3. The molecule has 0 spiro atoms. The lowest BCUT2D eigenvalue weighted by Crippen LogP contribution is -2.42. The maximum absolute atomic E-state index is 5.60. The van der Waals surface area contributed by atoms with Gasteiger partial charge >= 0.3 is 0 Å². The fourth-order valence-electron chi connectivity index (χ4n) is 1.88. The number of ether oxygens (including phenoxy) is 1. The van der Waals surface area contributed by atoms with Crippen molar-refractivity contribution in [1.82, 2.24) is 19.9 Å². The number of nitrogens with one attached hydrogen (secondary N) is 2. The smallest absolute Gasteiger partial charge is 0.157 e. The summed E-state index contributed by atoms with van der Waals surface area (Å²) in [5.74, 6) is 0.854. The Morgan fingerprint density at radius 2 is 2.53 bits per heavy atom. The van der Waals surface area contributed by atoms with E-state index in [1.165, 1.54) is 0 Å². The second kappa shape index (κ2) is 4.68. The SMILES string of the molecule is c1cc2nc(NCC3CNCCO3)ccn2n1. The summed E-state index contributed by atoms with van der Waals surface area (Å²) in [7, 11) is 0. The molecule has 0 aliphatic carbocycles. The normalized spacial score (nSPS) is 20.6. The molecular weight excluding hydrogens is 218 g/mol. The van der Waals surface area contributed by atoms with Gasteiger partial charge in [0.25, 0.3) is 0 Å². The Morgan fingerprint density at radius 1 is 1.53 bits per heavy atom. The van der Waals surface area contributed by atoms with E-state index in [1.54, 1.807) is 10.7 Å². The Labute approximate surface area is 99.0 Å². The fourth-order valence-corrected chi connectivity index (χ4v) is 1.88. The molecule has 90 valence electrons. The topological polar surface area (TPSA) is 63.5 Å². The molecule has 2 N–H and O–H groups in total. The summed E-state index contributed by atoms with van der Waals surface area (Å²) >= 11 is 0. The zero-order chi connectivity index (χ0) is 11.5.